The maximum atomic E-state index is 12.6. The van der Waals surface area contributed by atoms with Gasteiger partial charge in [0, 0.05) is 41.2 Å². The molecule has 6 atom stereocenters. The summed E-state index contributed by atoms with van der Waals surface area (Å²) in [5, 5.41) is 0. The zero-order valence-corrected chi connectivity index (χ0v) is 18.0. The first kappa shape index (κ1) is 26.3. The number of hydrogen-bond donors (Lipinski definition) is 0. The minimum atomic E-state index is -1.50. The number of carbonyl (C=O) groups is 5. The molecule has 12 heteroatoms. The van der Waals surface area contributed by atoms with Gasteiger partial charge in [0.15, 0.2) is 30.5 Å². The third kappa shape index (κ3) is 8.12. The first-order chi connectivity index (χ1) is 14.5. The second-order valence-electron chi connectivity index (χ2n) is 6.75. The molecule has 0 aromatic rings. The lowest BCUT2D eigenvalue weighted by Gasteiger charge is -2.47. The molecule has 0 bridgehead atoms. The van der Waals surface area contributed by atoms with Crippen LogP contribution in [0.3, 0.4) is 0 Å². The molecule has 0 aromatic carbocycles. The van der Waals surface area contributed by atoms with Gasteiger partial charge in [-0.2, -0.15) is 0 Å². The molecule has 1 aliphatic rings. The van der Waals surface area contributed by atoms with Crippen LogP contribution in [0.2, 0.25) is 0 Å². The maximum Gasteiger partial charge on any atom is 0.303 e. The Labute approximate surface area is 178 Å². The zero-order chi connectivity index (χ0) is 23.7. The molecule has 1 aliphatic carbocycles. The Kier molecular flexibility index (Phi) is 10.3. The molecule has 0 aromatic heterocycles. The Morgan fingerprint density at radius 3 is 1.03 bits per heavy atom. The van der Waals surface area contributed by atoms with Gasteiger partial charge in [0.2, 0.25) is 0 Å². The lowest BCUT2D eigenvalue weighted by molar-refractivity contribution is -0.262. The monoisotopic (exact) mass is 450 g/mol. The van der Waals surface area contributed by atoms with Gasteiger partial charge in [0.1, 0.15) is 6.10 Å². The highest BCUT2D eigenvalue weighted by Crippen LogP contribution is 2.34. The molecular weight excluding hydrogens is 423 g/mol. The van der Waals surface area contributed by atoms with Gasteiger partial charge in [0.05, 0.1) is 6.67 Å². The Balaban J connectivity index is 3.58. The average molecular weight is 450 g/mol. The highest BCUT2D eigenvalue weighted by Gasteiger charge is 2.59. The molecule has 0 heterocycles. The first-order valence-corrected chi connectivity index (χ1v) is 9.51. The van der Waals surface area contributed by atoms with Crippen molar-refractivity contribution < 1.29 is 56.8 Å². The van der Waals surface area contributed by atoms with Gasteiger partial charge < -0.3 is 28.4 Å². The van der Waals surface area contributed by atoms with E-state index in [0.717, 1.165) is 34.6 Å². The van der Waals surface area contributed by atoms with Crippen molar-refractivity contribution >= 4 is 29.8 Å². The van der Waals surface area contributed by atoms with Crippen LogP contribution in [0.4, 0.5) is 4.39 Å². The van der Waals surface area contributed by atoms with Gasteiger partial charge in [-0.25, -0.2) is 0 Å². The molecule has 1 rings (SSSR count). The fourth-order valence-corrected chi connectivity index (χ4v) is 3.21. The molecule has 0 radical (unpaired) electrons. The summed E-state index contributed by atoms with van der Waals surface area (Å²) in [6.07, 6.45) is -8.68. The van der Waals surface area contributed by atoms with Crippen molar-refractivity contribution in [3.8, 4) is 0 Å². The SMILES string of the molecule is CC(=O)OC1C(OC(C)=O)C(OCCCF)[C@@H](OC(C)=O)C(OC(C)=O)C1OC(C)=O. The van der Waals surface area contributed by atoms with Gasteiger partial charge in [-0.15, -0.1) is 0 Å². The number of halogens is 1. The van der Waals surface area contributed by atoms with Crippen molar-refractivity contribution in [3.63, 3.8) is 0 Å². The van der Waals surface area contributed by atoms with Crippen LogP contribution >= 0.6 is 0 Å². The Bertz CT molecular complexity index is 636. The molecule has 0 amide bonds. The van der Waals surface area contributed by atoms with Crippen molar-refractivity contribution in [2.75, 3.05) is 13.3 Å². The quantitative estimate of drug-likeness (QED) is 0.274. The zero-order valence-electron chi connectivity index (χ0n) is 18.0. The van der Waals surface area contributed by atoms with Crippen molar-refractivity contribution in [1.29, 1.82) is 0 Å². The lowest BCUT2D eigenvalue weighted by atomic mass is 9.83. The van der Waals surface area contributed by atoms with Crippen molar-refractivity contribution in [3.05, 3.63) is 0 Å². The summed E-state index contributed by atoms with van der Waals surface area (Å²) in [6, 6.07) is 0. The summed E-state index contributed by atoms with van der Waals surface area (Å²) in [4.78, 5) is 58.7. The average Bonchev–Trinajstić information content (AvgIpc) is 2.61. The number of carbonyl (C=O) groups excluding carboxylic acids is 5. The van der Waals surface area contributed by atoms with Gasteiger partial charge in [-0.3, -0.25) is 28.4 Å². The van der Waals surface area contributed by atoms with E-state index in [-0.39, 0.29) is 13.0 Å². The molecule has 1 fully saturated rings. The van der Waals surface area contributed by atoms with E-state index in [2.05, 4.69) is 0 Å². The van der Waals surface area contributed by atoms with E-state index in [1.807, 2.05) is 0 Å². The van der Waals surface area contributed by atoms with Gasteiger partial charge in [-0.1, -0.05) is 0 Å². The molecule has 1 saturated carbocycles. The molecule has 0 N–H and O–H groups in total. The number of alkyl halides is 1. The second kappa shape index (κ2) is 12.2. The third-order valence-electron chi connectivity index (χ3n) is 4.04. The summed E-state index contributed by atoms with van der Waals surface area (Å²) in [7, 11) is 0. The predicted octanol–water partition coefficient (Wildman–Crippen LogP) is 0.403. The molecule has 0 aliphatic heterocycles. The molecular formula is C19H27FO11. The van der Waals surface area contributed by atoms with Crippen molar-refractivity contribution in [1.82, 2.24) is 0 Å². The smallest absolute Gasteiger partial charge is 0.303 e. The predicted molar refractivity (Wildman–Crippen MR) is 98.1 cm³/mol. The lowest BCUT2D eigenvalue weighted by Crippen LogP contribution is -2.68. The molecule has 31 heavy (non-hydrogen) atoms. The Morgan fingerprint density at radius 2 is 0.806 bits per heavy atom. The van der Waals surface area contributed by atoms with Gasteiger partial charge >= 0.3 is 29.8 Å². The van der Waals surface area contributed by atoms with Crippen LogP contribution in [0.15, 0.2) is 0 Å². The highest BCUT2D eigenvalue weighted by molar-refractivity contribution is 5.70. The van der Waals surface area contributed by atoms with E-state index in [0.29, 0.717) is 0 Å². The van der Waals surface area contributed by atoms with Crippen LogP contribution in [0, 0.1) is 0 Å². The number of esters is 5. The van der Waals surface area contributed by atoms with Gasteiger partial charge in [0.25, 0.3) is 0 Å². The minimum Gasteiger partial charge on any atom is -0.455 e. The molecule has 11 nitrogen and oxygen atoms in total. The first-order valence-electron chi connectivity index (χ1n) is 9.51. The fourth-order valence-electron chi connectivity index (χ4n) is 3.21. The Hall–Kier alpha value is -2.76. The van der Waals surface area contributed by atoms with E-state index in [1.165, 1.54) is 0 Å². The van der Waals surface area contributed by atoms with Crippen LogP contribution in [0.1, 0.15) is 41.0 Å². The molecule has 0 saturated heterocycles. The minimum absolute atomic E-state index is 0.0417. The summed E-state index contributed by atoms with van der Waals surface area (Å²) in [6.45, 7) is 4.42. The van der Waals surface area contributed by atoms with E-state index in [4.69, 9.17) is 28.4 Å². The molecule has 5 unspecified atom stereocenters. The van der Waals surface area contributed by atoms with E-state index >= 15 is 0 Å². The van der Waals surface area contributed by atoms with Crippen molar-refractivity contribution in [2.45, 2.75) is 77.7 Å². The molecule has 0 spiro atoms. The van der Waals surface area contributed by atoms with Crippen LogP contribution in [0.5, 0.6) is 0 Å². The largest absolute Gasteiger partial charge is 0.455 e. The maximum absolute atomic E-state index is 12.6. The Morgan fingerprint density at radius 1 is 0.548 bits per heavy atom. The van der Waals surface area contributed by atoms with Crippen LogP contribution in [0.25, 0.3) is 0 Å². The third-order valence-corrected chi connectivity index (χ3v) is 4.04. The topological polar surface area (TPSA) is 141 Å². The normalized spacial score (nSPS) is 27.5. The number of rotatable bonds is 9. The van der Waals surface area contributed by atoms with Crippen LogP contribution in [-0.2, 0) is 52.4 Å². The summed E-state index contributed by atoms with van der Waals surface area (Å²) in [5.74, 6) is -4.10. The summed E-state index contributed by atoms with van der Waals surface area (Å²) >= 11 is 0. The van der Waals surface area contributed by atoms with Gasteiger partial charge in [-0.05, 0) is 6.42 Å². The van der Waals surface area contributed by atoms with Crippen LogP contribution in [-0.4, -0.2) is 79.8 Å². The summed E-state index contributed by atoms with van der Waals surface area (Å²) in [5.41, 5.74) is 0. The van der Waals surface area contributed by atoms with Crippen LogP contribution < -0.4 is 0 Å². The van der Waals surface area contributed by atoms with E-state index in [9.17, 15) is 28.4 Å². The second-order valence-corrected chi connectivity index (χ2v) is 6.75. The van der Waals surface area contributed by atoms with E-state index in [1.54, 1.807) is 0 Å². The molecule has 176 valence electrons. The number of hydrogen-bond acceptors (Lipinski definition) is 11. The van der Waals surface area contributed by atoms with Crippen molar-refractivity contribution in [2.24, 2.45) is 0 Å². The number of ether oxygens (including phenoxy) is 6. The highest BCUT2D eigenvalue weighted by atomic mass is 19.1. The standard InChI is InChI=1S/C19H27FO11/c1-9(21)27-15-14(26-8-6-7-20)16(28-10(2)22)18(30-12(4)24)19(31-13(5)25)17(15)29-11(3)23/h14-19H,6-8H2,1-5H3/t14?,15-,16?,17?,18?,19?/m1/s1. The fraction of sp³-hybridized carbons (Fsp3) is 0.737. The summed E-state index contributed by atoms with van der Waals surface area (Å²) < 4.78 is 44.5. The van der Waals surface area contributed by atoms with E-state index < -0.39 is 73.1 Å².